The quantitative estimate of drug-likeness (QED) is 0.745. The molecule has 0 spiro atoms. The van der Waals surface area contributed by atoms with E-state index in [0.717, 1.165) is 5.69 Å². The molecule has 1 aliphatic heterocycles. The smallest absolute Gasteiger partial charge is 0.289 e. The molecular weight excluding hydrogens is 351 g/mol. The van der Waals surface area contributed by atoms with Crippen LogP contribution in [0.25, 0.3) is 5.78 Å². The van der Waals surface area contributed by atoms with Gasteiger partial charge < -0.3 is 10.2 Å². The molecule has 4 rings (SSSR count). The van der Waals surface area contributed by atoms with Crippen molar-refractivity contribution in [2.24, 2.45) is 0 Å². The molecule has 138 valence electrons. The highest BCUT2D eigenvalue weighted by Crippen LogP contribution is 2.16. The molecule has 0 bridgehead atoms. The Morgan fingerprint density at radius 1 is 1.33 bits per heavy atom. The first-order valence-electron chi connectivity index (χ1n) is 8.51. The zero-order chi connectivity index (χ0) is 19.0. The van der Waals surface area contributed by atoms with E-state index in [1.807, 2.05) is 6.92 Å². The summed E-state index contributed by atoms with van der Waals surface area (Å²) in [6.07, 6.45) is 1.87. The summed E-state index contributed by atoms with van der Waals surface area (Å²) < 4.78 is 14.8. The summed E-state index contributed by atoms with van der Waals surface area (Å²) in [6.45, 7) is 2.49. The van der Waals surface area contributed by atoms with Crippen LogP contribution in [-0.4, -0.2) is 48.9 Å². The van der Waals surface area contributed by atoms with Gasteiger partial charge >= 0.3 is 0 Å². The molecule has 2 amide bonds. The number of likely N-dealkylation sites (tertiary alicyclic amines) is 1. The fourth-order valence-electron chi connectivity index (χ4n) is 3.16. The molecule has 0 radical (unpaired) electrons. The average Bonchev–Trinajstić information content (AvgIpc) is 3.18. The number of benzene rings is 1. The lowest BCUT2D eigenvalue weighted by Gasteiger charge is -2.17. The molecule has 1 saturated heterocycles. The Kier molecular flexibility index (Phi) is 4.27. The van der Waals surface area contributed by atoms with Gasteiger partial charge in [-0.3, -0.25) is 14.0 Å². The van der Waals surface area contributed by atoms with E-state index in [1.54, 1.807) is 29.3 Å². The summed E-state index contributed by atoms with van der Waals surface area (Å²) in [5.74, 6) is -0.387. The van der Waals surface area contributed by atoms with E-state index in [-0.39, 0.29) is 30.0 Å². The Balaban J connectivity index is 1.44. The van der Waals surface area contributed by atoms with Gasteiger partial charge in [0.1, 0.15) is 5.82 Å². The van der Waals surface area contributed by atoms with Gasteiger partial charge in [0.15, 0.2) is 0 Å². The Labute approximate surface area is 154 Å². The number of carbonyl (C=O) groups excluding carboxylic acids is 2. The summed E-state index contributed by atoms with van der Waals surface area (Å²) in [4.78, 5) is 30.6. The van der Waals surface area contributed by atoms with Crippen LogP contribution in [0.4, 0.5) is 4.39 Å². The maximum Gasteiger partial charge on any atom is 0.289 e. The highest BCUT2D eigenvalue weighted by Gasteiger charge is 2.31. The summed E-state index contributed by atoms with van der Waals surface area (Å²) >= 11 is 0. The lowest BCUT2D eigenvalue weighted by Crippen LogP contribution is -2.37. The van der Waals surface area contributed by atoms with E-state index in [2.05, 4.69) is 20.5 Å². The Morgan fingerprint density at radius 3 is 3.00 bits per heavy atom. The molecule has 3 aromatic rings. The van der Waals surface area contributed by atoms with E-state index in [0.29, 0.717) is 24.4 Å². The van der Waals surface area contributed by atoms with Gasteiger partial charge in [0.05, 0.1) is 6.04 Å². The van der Waals surface area contributed by atoms with Gasteiger partial charge in [0.2, 0.25) is 11.7 Å². The third-order valence-corrected chi connectivity index (χ3v) is 4.43. The SMILES string of the molecule is Cc1ccn2c(C(=O)NC3CC(=O)N(Cc4cccc(F)c4)C3)nnc2n1. The molecule has 1 fully saturated rings. The minimum Gasteiger partial charge on any atom is -0.344 e. The van der Waals surface area contributed by atoms with Crippen LogP contribution in [0.5, 0.6) is 0 Å². The molecule has 1 aliphatic rings. The van der Waals surface area contributed by atoms with Crippen LogP contribution in [0.3, 0.4) is 0 Å². The van der Waals surface area contributed by atoms with Crippen molar-refractivity contribution >= 4 is 17.6 Å². The largest absolute Gasteiger partial charge is 0.344 e. The van der Waals surface area contributed by atoms with Gasteiger partial charge in [-0.2, -0.15) is 0 Å². The zero-order valence-electron chi connectivity index (χ0n) is 14.6. The topological polar surface area (TPSA) is 92.5 Å². The van der Waals surface area contributed by atoms with E-state index < -0.39 is 5.91 Å². The lowest BCUT2D eigenvalue weighted by molar-refractivity contribution is -0.128. The fourth-order valence-corrected chi connectivity index (χ4v) is 3.16. The van der Waals surface area contributed by atoms with Crippen molar-refractivity contribution in [3.63, 3.8) is 0 Å². The molecule has 9 heteroatoms. The molecule has 1 unspecified atom stereocenters. The van der Waals surface area contributed by atoms with Crippen molar-refractivity contribution in [2.45, 2.75) is 25.9 Å². The van der Waals surface area contributed by atoms with Crippen LogP contribution in [0.15, 0.2) is 36.5 Å². The van der Waals surface area contributed by atoms with E-state index in [9.17, 15) is 14.0 Å². The van der Waals surface area contributed by atoms with Crippen LogP contribution >= 0.6 is 0 Å². The molecule has 0 aliphatic carbocycles. The lowest BCUT2D eigenvalue weighted by atomic mass is 10.2. The number of amides is 2. The number of fused-ring (bicyclic) bond motifs is 1. The molecule has 1 aromatic carbocycles. The minimum absolute atomic E-state index is 0.0899. The normalized spacial score (nSPS) is 16.9. The molecule has 1 N–H and O–H groups in total. The Bertz CT molecular complexity index is 1030. The second-order valence-electron chi connectivity index (χ2n) is 6.54. The van der Waals surface area contributed by atoms with E-state index >= 15 is 0 Å². The second-order valence-corrected chi connectivity index (χ2v) is 6.54. The van der Waals surface area contributed by atoms with Crippen molar-refractivity contribution < 1.29 is 14.0 Å². The predicted molar refractivity (Wildman–Crippen MR) is 93.2 cm³/mol. The summed E-state index contributed by atoms with van der Waals surface area (Å²) in [5.41, 5.74) is 1.48. The fraction of sp³-hybridized carbons (Fsp3) is 0.278. The van der Waals surface area contributed by atoms with Crippen LogP contribution in [0.2, 0.25) is 0 Å². The maximum absolute atomic E-state index is 13.3. The number of hydrogen-bond acceptors (Lipinski definition) is 5. The van der Waals surface area contributed by atoms with Crippen molar-refractivity contribution in [1.82, 2.24) is 29.8 Å². The monoisotopic (exact) mass is 368 g/mol. The molecule has 27 heavy (non-hydrogen) atoms. The number of halogens is 1. The van der Waals surface area contributed by atoms with Crippen LogP contribution < -0.4 is 5.32 Å². The van der Waals surface area contributed by atoms with Gasteiger partial charge in [-0.05, 0) is 30.7 Å². The summed E-state index contributed by atoms with van der Waals surface area (Å²) in [5, 5.41) is 10.6. The number of nitrogens with zero attached hydrogens (tertiary/aromatic N) is 5. The van der Waals surface area contributed by atoms with E-state index in [1.165, 1.54) is 16.5 Å². The van der Waals surface area contributed by atoms with Gasteiger partial charge in [0.25, 0.3) is 11.7 Å². The molecule has 8 nitrogen and oxygen atoms in total. The van der Waals surface area contributed by atoms with Crippen molar-refractivity contribution in [1.29, 1.82) is 0 Å². The van der Waals surface area contributed by atoms with Crippen LogP contribution in [0.1, 0.15) is 28.3 Å². The van der Waals surface area contributed by atoms with Crippen molar-refractivity contribution in [2.75, 3.05) is 6.54 Å². The second kappa shape index (κ2) is 6.75. The Morgan fingerprint density at radius 2 is 2.19 bits per heavy atom. The van der Waals surface area contributed by atoms with Gasteiger partial charge in [-0.1, -0.05) is 12.1 Å². The van der Waals surface area contributed by atoms with Crippen LogP contribution in [-0.2, 0) is 11.3 Å². The number of nitrogens with one attached hydrogen (secondary N) is 1. The number of hydrogen-bond donors (Lipinski definition) is 1. The van der Waals surface area contributed by atoms with Gasteiger partial charge in [-0.15, -0.1) is 10.2 Å². The standard InChI is InChI=1S/C18H17FN6O2/c1-11-5-6-25-16(22-23-18(25)20-11)17(27)21-14-8-15(26)24(10-14)9-12-3-2-4-13(19)7-12/h2-7,14H,8-10H2,1H3,(H,21,27). The summed E-state index contributed by atoms with van der Waals surface area (Å²) in [6, 6.07) is 7.54. The van der Waals surface area contributed by atoms with Crippen LogP contribution in [0, 0.1) is 12.7 Å². The molecule has 3 heterocycles. The highest BCUT2D eigenvalue weighted by molar-refractivity contribution is 5.92. The third-order valence-electron chi connectivity index (χ3n) is 4.43. The number of carbonyl (C=O) groups is 2. The van der Waals surface area contributed by atoms with Crippen molar-refractivity contribution in [3.8, 4) is 0 Å². The summed E-state index contributed by atoms with van der Waals surface area (Å²) in [7, 11) is 0. The first-order chi connectivity index (χ1) is 13.0. The highest BCUT2D eigenvalue weighted by atomic mass is 19.1. The minimum atomic E-state index is -0.418. The first kappa shape index (κ1) is 17.1. The molecule has 1 atom stereocenters. The van der Waals surface area contributed by atoms with Crippen molar-refractivity contribution in [3.05, 3.63) is 59.4 Å². The zero-order valence-corrected chi connectivity index (χ0v) is 14.6. The Hall–Kier alpha value is -3.36. The number of aromatic nitrogens is 4. The third kappa shape index (κ3) is 3.48. The maximum atomic E-state index is 13.3. The predicted octanol–water partition coefficient (Wildman–Crippen LogP) is 1.10. The van der Waals surface area contributed by atoms with Gasteiger partial charge in [0, 0.05) is 31.4 Å². The molecule has 0 saturated carbocycles. The molecule has 2 aromatic heterocycles. The average molecular weight is 368 g/mol. The molecular formula is C18H17FN6O2. The first-order valence-corrected chi connectivity index (χ1v) is 8.51. The number of rotatable bonds is 4. The van der Waals surface area contributed by atoms with Gasteiger partial charge in [-0.25, -0.2) is 9.37 Å². The van der Waals surface area contributed by atoms with E-state index in [4.69, 9.17) is 0 Å². The number of aryl methyl sites for hydroxylation is 1.